The van der Waals surface area contributed by atoms with Crippen molar-refractivity contribution < 1.29 is 9.47 Å². The van der Waals surface area contributed by atoms with Crippen LogP contribution in [0.15, 0.2) is 18.2 Å². The number of benzene rings is 1. The van der Waals surface area contributed by atoms with Gasteiger partial charge in [0.15, 0.2) is 11.5 Å². The third-order valence-electron chi connectivity index (χ3n) is 2.88. The lowest BCUT2D eigenvalue weighted by molar-refractivity contribution is 0.174. The highest BCUT2D eigenvalue weighted by atomic mass is 35.5. The standard InChI is InChI=1S/C13H19NO2.ClH/c1-9(2)3-5-11(14)10-4-6-12-13(7-10)16-8-15-12;/h4,6-7,9,11H,3,5,8,14H2,1-2H3;1H/t11-;/m1./s1. The van der Waals surface area contributed by atoms with E-state index in [9.17, 15) is 0 Å². The molecular formula is C13H20ClNO2. The minimum absolute atomic E-state index is 0. The fourth-order valence-corrected chi connectivity index (χ4v) is 1.82. The second kappa shape index (κ2) is 6.12. The van der Waals surface area contributed by atoms with Crippen molar-refractivity contribution in [1.29, 1.82) is 0 Å². The summed E-state index contributed by atoms with van der Waals surface area (Å²) in [6.07, 6.45) is 2.16. The molecule has 1 aromatic rings. The molecule has 0 saturated carbocycles. The largest absolute Gasteiger partial charge is 0.454 e. The smallest absolute Gasteiger partial charge is 0.231 e. The summed E-state index contributed by atoms with van der Waals surface area (Å²) in [5.74, 6) is 2.33. The zero-order valence-corrected chi connectivity index (χ0v) is 11.1. The van der Waals surface area contributed by atoms with Gasteiger partial charge < -0.3 is 15.2 Å². The third-order valence-corrected chi connectivity index (χ3v) is 2.88. The number of ether oxygens (including phenoxy) is 2. The summed E-state index contributed by atoms with van der Waals surface area (Å²) in [7, 11) is 0. The van der Waals surface area contributed by atoms with Gasteiger partial charge in [-0.1, -0.05) is 19.9 Å². The molecule has 0 fully saturated rings. The Morgan fingerprint density at radius 1 is 1.18 bits per heavy atom. The molecule has 0 unspecified atom stereocenters. The van der Waals surface area contributed by atoms with Crippen molar-refractivity contribution in [3.63, 3.8) is 0 Å². The van der Waals surface area contributed by atoms with E-state index in [4.69, 9.17) is 15.2 Å². The molecule has 0 aromatic heterocycles. The topological polar surface area (TPSA) is 44.5 Å². The Labute approximate surface area is 109 Å². The molecule has 0 amide bonds. The number of rotatable bonds is 4. The summed E-state index contributed by atoms with van der Waals surface area (Å²) in [4.78, 5) is 0. The van der Waals surface area contributed by atoms with Crippen LogP contribution < -0.4 is 15.2 Å². The quantitative estimate of drug-likeness (QED) is 0.900. The second-order valence-corrected chi connectivity index (χ2v) is 4.69. The molecule has 1 heterocycles. The van der Waals surface area contributed by atoms with Crippen LogP contribution in [0.4, 0.5) is 0 Å². The average Bonchev–Trinajstić information content (AvgIpc) is 2.72. The van der Waals surface area contributed by atoms with Crippen LogP contribution in [0.3, 0.4) is 0 Å². The Morgan fingerprint density at radius 2 is 1.88 bits per heavy atom. The Balaban J connectivity index is 0.00000144. The summed E-state index contributed by atoms with van der Waals surface area (Å²) in [5.41, 5.74) is 7.27. The normalized spacial score (nSPS) is 14.6. The van der Waals surface area contributed by atoms with E-state index in [1.807, 2.05) is 18.2 Å². The molecule has 2 rings (SSSR count). The van der Waals surface area contributed by atoms with Crippen molar-refractivity contribution in [2.75, 3.05) is 6.79 Å². The van der Waals surface area contributed by atoms with Gasteiger partial charge in [-0.25, -0.2) is 0 Å². The average molecular weight is 258 g/mol. The van der Waals surface area contributed by atoms with Crippen LogP contribution in [0.1, 0.15) is 38.3 Å². The summed E-state index contributed by atoms with van der Waals surface area (Å²) < 4.78 is 10.6. The molecule has 0 radical (unpaired) electrons. The molecule has 0 spiro atoms. The zero-order valence-electron chi connectivity index (χ0n) is 10.3. The summed E-state index contributed by atoms with van der Waals surface area (Å²) in [5, 5.41) is 0. The molecule has 96 valence electrons. The fourth-order valence-electron chi connectivity index (χ4n) is 1.82. The minimum atomic E-state index is 0. The first-order chi connectivity index (χ1) is 7.66. The molecule has 0 saturated heterocycles. The Hall–Kier alpha value is -0.930. The molecular weight excluding hydrogens is 238 g/mol. The molecule has 3 nitrogen and oxygen atoms in total. The van der Waals surface area contributed by atoms with Gasteiger partial charge in [-0.05, 0) is 36.5 Å². The highest BCUT2D eigenvalue weighted by Gasteiger charge is 2.15. The third kappa shape index (κ3) is 3.51. The molecule has 17 heavy (non-hydrogen) atoms. The maximum absolute atomic E-state index is 6.14. The molecule has 1 aliphatic heterocycles. The van der Waals surface area contributed by atoms with Crippen LogP contribution in [0.2, 0.25) is 0 Å². The number of hydrogen-bond donors (Lipinski definition) is 1. The minimum Gasteiger partial charge on any atom is -0.454 e. The summed E-state index contributed by atoms with van der Waals surface area (Å²) in [6.45, 7) is 4.75. The van der Waals surface area contributed by atoms with E-state index in [0.717, 1.165) is 29.9 Å². The van der Waals surface area contributed by atoms with Crippen molar-refractivity contribution in [3.8, 4) is 11.5 Å². The Morgan fingerprint density at radius 3 is 2.59 bits per heavy atom. The predicted molar refractivity (Wildman–Crippen MR) is 70.8 cm³/mol. The van der Waals surface area contributed by atoms with Crippen LogP contribution in [0, 0.1) is 5.92 Å². The first kappa shape index (κ1) is 14.1. The van der Waals surface area contributed by atoms with Crippen molar-refractivity contribution in [3.05, 3.63) is 23.8 Å². The Kier molecular flexibility index (Phi) is 5.09. The van der Waals surface area contributed by atoms with Crippen molar-refractivity contribution in [2.45, 2.75) is 32.7 Å². The monoisotopic (exact) mass is 257 g/mol. The zero-order chi connectivity index (χ0) is 11.5. The first-order valence-corrected chi connectivity index (χ1v) is 5.82. The van der Waals surface area contributed by atoms with Gasteiger partial charge >= 0.3 is 0 Å². The lowest BCUT2D eigenvalue weighted by Gasteiger charge is -2.13. The van der Waals surface area contributed by atoms with E-state index in [1.165, 1.54) is 0 Å². The lowest BCUT2D eigenvalue weighted by Crippen LogP contribution is -2.11. The van der Waals surface area contributed by atoms with Gasteiger partial charge in [0.05, 0.1) is 0 Å². The number of fused-ring (bicyclic) bond motifs is 1. The van der Waals surface area contributed by atoms with Crippen LogP contribution >= 0.6 is 12.4 Å². The van der Waals surface area contributed by atoms with Gasteiger partial charge in [-0.3, -0.25) is 0 Å². The number of nitrogens with two attached hydrogens (primary N) is 1. The SMILES string of the molecule is CC(C)CC[C@@H](N)c1ccc2c(c1)OCO2.Cl. The highest BCUT2D eigenvalue weighted by Crippen LogP contribution is 2.34. The maximum atomic E-state index is 6.14. The van der Waals surface area contributed by atoms with E-state index in [1.54, 1.807) is 0 Å². The Bertz CT molecular complexity index is 368. The number of halogens is 1. The van der Waals surface area contributed by atoms with Gasteiger partial charge in [0.25, 0.3) is 0 Å². The molecule has 0 bridgehead atoms. The predicted octanol–water partition coefficient (Wildman–Crippen LogP) is 3.27. The van der Waals surface area contributed by atoms with Crippen LogP contribution in [-0.4, -0.2) is 6.79 Å². The van der Waals surface area contributed by atoms with Gasteiger partial charge in [0, 0.05) is 6.04 Å². The summed E-state index contributed by atoms with van der Waals surface area (Å²) in [6, 6.07) is 6.05. The van der Waals surface area contributed by atoms with Crippen molar-refractivity contribution >= 4 is 12.4 Å². The molecule has 4 heteroatoms. The molecule has 2 N–H and O–H groups in total. The molecule has 1 atom stereocenters. The molecule has 0 aliphatic carbocycles. The molecule has 1 aromatic carbocycles. The van der Waals surface area contributed by atoms with Gasteiger partial charge in [-0.15, -0.1) is 12.4 Å². The van der Waals surface area contributed by atoms with Crippen LogP contribution in [0.5, 0.6) is 11.5 Å². The molecule has 1 aliphatic rings. The van der Waals surface area contributed by atoms with Gasteiger partial charge in [-0.2, -0.15) is 0 Å². The number of hydrogen-bond acceptors (Lipinski definition) is 3. The van der Waals surface area contributed by atoms with E-state index < -0.39 is 0 Å². The van der Waals surface area contributed by atoms with Gasteiger partial charge in [0.1, 0.15) is 0 Å². The second-order valence-electron chi connectivity index (χ2n) is 4.69. The van der Waals surface area contributed by atoms with Crippen LogP contribution in [0.25, 0.3) is 0 Å². The van der Waals surface area contributed by atoms with E-state index in [0.29, 0.717) is 12.7 Å². The van der Waals surface area contributed by atoms with Crippen molar-refractivity contribution in [1.82, 2.24) is 0 Å². The highest BCUT2D eigenvalue weighted by molar-refractivity contribution is 5.85. The lowest BCUT2D eigenvalue weighted by atomic mass is 9.98. The van der Waals surface area contributed by atoms with E-state index >= 15 is 0 Å². The fraction of sp³-hybridized carbons (Fsp3) is 0.538. The van der Waals surface area contributed by atoms with E-state index in [-0.39, 0.29) is 18.4 Å². The van der Waals surface area contributed by atoms with Gasteiger partial charge in [0.2, 0.25) is 6.79 Å². The maximum Gasteiger partial charge on any atom is 0.231 e. The van der Waals surface area contributed by atoms with Crippen molar-refractivity contribution in [2.24, 2.45) is 11.7 Å². The summed E-state index contributed by atoms with van der Waals surface area (Å²) >= 11 is 0. The first-order valence-electron chi connectivity index (χ1n) is 5.82. The van der Waals surface area contributed by atoms with Crippen LogP contribution in [-0.2, 0) is 0 Å². The van der Waals surface area contributed by atoms with E-state index in [2.05, 4.69) is 13.8 Å².